The zero-order chi connectivity index (χ0) is 19.7. The summed E-state index contributed by atoms with van der Waals surface area (Å²) in [5.74, 6) is -0.0122. The van der Waals surface area contributed by atoms with Gasteiger partial charge in [-0.05, 0) is 56.1 Å². The van der Waals surface area contributed by atoms with Gasteiger partial charge in [-0.1, -0.05) is 40.2 Å². The summed E-state index contributed by atoms with van der Waals surface area (Å²) in [6, 6.07) is 15.9. The van der Waals surface area contributed by atoms with Crippen molar-refractivity contribution in [2.75, 3.05) is 23.3 Å². The van der Waals surface area contributed by atoms with Gasteiger partial charge in [0.15, 0.2) is 0 Å². The Kier molecular flexibility index (Phi) is 5.51. The number of carbonyl (C=O) groups excluding carboxylic acids is 2. The molecule has 1 fully saturated rings. The van der Waals surface area contributed by atoms with Crippen LogP contribution in [0.2, 0.25) is 0 Å². The topological polar surface area (TPSA) is 52.7 Å². The van der Waals surface area contributed by atoms with Gasteiger partial charge in [-0.3, -0.25) is 14.5 Å². The molecule has 6 heteroatoms. The van der Waals surface area contributed by atoms with Gasteiger partial charge >= 0.3 is 0 Å². The summed E-state index contributed by atoms with van der Waals surface area (Å²) in [5.41, 5.74) is 2.72. The van der Waals surface area contributed by atoms with E-state index in [-0.39, 0.29) is 23.9 Å². The fourth-order valence-electron chi connectivity index (χ4n) is 4.32. The maximum Gasteiger partial charge on any atom is 0.241 e. The van der Waals surface area contributed by atoms with Crippen LogP contribution < -0.4 is 10.2 Å². The molecular formula is C22H24BrN3O2. The molecular weight excluding hydrogens is 418 g/mol. The lowest BCUT2D eigenvalue weighted by Crippen LogP contribution is -2.45. The Morgan fingerprint density at radius 1 is 1.21 bits per heavy atom. The smallest absolute Gasteiger partial charge is 0.241 e. The van der Waals surface area contributed by atoms with Crippen LogP contribution in [0, 0.1) is 0 Å². The summed E-state index contributed by atoms with van der Waals surface area (Å²) in [5, 5.41) is 2.92. The van der Waals surface area contributed by atoms with E-state index in [4.69, 9.17) is 0 Å². The number of rotatable bonds is 3. The number of halogens is 1. The van der Waals surface area contributed by atoms with Gasteiger partial charge in [0, 0.05) is 23.0 Å². The molecule has 2 unspecified atom stereocenters. The molecule has 0 saturated carbocycles. The van der Waals surface area contributed by atoms with E-state index < -0.39 is 0 Å². The normalized spacial score (nSPS) is 22.5. The summed E-state index contributed by atoms with van der Waals surface area (Å²) in [4.78, 5) is 29.6. The maximum atomic E-state index is 13.4. The molecule has 2 atom stereocenters. The van der Waals surface area contributed by atoms with Crippen molar-refractivity contribution < 1.29 is 9.59 Å². The van der Waals surface area contributed by atoms with Crippen LogP contribution in [0.25, 0.3) is 0 Å². The highest BCUT2D eigenvalue weighted by Gasteiger charge is 2.33. The SMILES string of the molecule is CC1CC(=O)Nc2ccccc2N1C(=O)CN1CCCC1c1cccc(Br)c1. The first-order chi connectivity index (χ1) is 13.5. The van der Waals surface area contributed by atoms with Crippen LogP contribution in [0.15, 0.2) is 53.0 Å². The Hall–Kier alpha value is -2.18. The molecule has 28 heavy (non-hydrogen) atoms. The average molecular weight is 442 g/mol. The van der Waals surface area contributed by atoms with Crippen molar-refractivity contribution in [3.63, 3.8) is 0 Å². The molecule has 146 valence electrons. The van der Waals surface area contributed by atoms with Gasteiger partial charge in [0.25, 0.3) is 0 Å². The highest BCUT2D eigenvalue weighted by molar-refractivity contribution is 9.10. The third-order valence-electron chi connectivity index (χ3n) is 5.56. The molecule has 2 heterocycles. The minimum Gasteiger partial charge on any atom is -0.324 e. The van der Waals surface area contributed by atoms with Gasteiger partial charge in [0.05, 0.1) is 17.9 Å². The largest absolute Gasteiger partial charge is 0.324 e. The summed E-state index contributed by atoms with van der Waals surface area (Å²) in [6.45, 7) is 3.20. The van der Waals surface area contributed by atoms with Crippen molar-refractivity contribution in [3.8, 4) is 0 Å². The molecule has 0 aliphatic carbocycles. The summed E-state index contributed by atoms with van der Waals surface area (Å²) < 4.78 is 1.06. The standard InChI is InChI=1S/C22H24BrN3O2/c1-15-12-21(27)24-18-8-2-3-9-20(18)26(15)22(28)14-25-11-5-10-19(25)16-6-4-7-17(23)13-16/h2-4,6-9,13,15,19H,5,10-12,14H2,1H3,(H,24,27). The minimum atomic E-state index is -0.178. The third kappa shape index (κ3) is 3.84. The summed E-state index contributed by atoms with van der Waals surface area (Å²) in [6.07, 6.45) is 2.43. The lowest BCUT2D eigenvalue weighted by Gasteiger charge is -2.31. The zero-order valence-corrected chi connectivity index (χ0v) is 17.5. The highest BCUT2D eigenvalue weighted by Crippen LogP contribution is 2.35. The zero-order valence-electron chi connectivity index (χ0n) is 15.9. The second-order valence-electron chi connectivity index (χ2n) is 7.57. The van der Waals surface area contributed by atoms with Crippen molar-refractivity contribution in [1.82, 2.24) is 4.90 Å². The van der Waals surface area contributed by atoms with Crippen molar-refractivity contribution in [3.05, 3.63) is 58.6 Å². The first kappa shape index (κ1) is 19.2. The predicted octanol–water partition coefficient (Wildman–Crippen LogP) is 4.35. The van der Waals surface area contributed by atoms with Crippen LogP contribution in [0.3, 0.4) is 0 Å². The number of nitrogens with zero attached hydrogens (tertiary/aromatic N) is 2. The van der Waals surface area contributed by atoms with E-state index in [9.17, 15) is 9.59 Å². The van der Waals surface area contributed by atoms with E-state index in [1.165, 1.54) is 5.56 Å². The van der Waals surface area contributed by atoms with E-state index in [1.807, 2.05) is 43.3 Å². The number of likely N-dealkylation sites (tertiary alicyclic amines) is 1. The average Bonchev–Trinajstić information content (AvgIpc) is 3.06. The Morgan fingerprint density at radius 3 is 2.86 bits per heavy atom. The fraction of sp³-hybridized carbons (Fsp3) is 0.364. The van der Waals surface area contributed by atoms with Crippen molar-refractivity contribution in [2.24, 2.45) is 0 Å². The Labute approximate surface area is 173 Å². The van der Waals surface area contributed by atoms with Crippen LogP contribution in [0.1, 0.15) is 37.8 Å². The molecule has 5 nitrogen and oxygen atoms in total. The third-order valence-corrected chi connectivity index (χ3v) is 6.06. The Bertz CT molecular complexity index is 901. The van der Waals surface area contributed by atoms with Gasteiger partial charge in [-0.15, -0.1) is 0 Å². The monoisotopic (exact) mass is 441 g/mol. The second-order valence-corrected chi connectivity index (χ2v) is 8.48. The van der Waals surface area contributed by atoms with Gasteiger partial charge in [0.2, 0.25) is 11.8 Å². The van der Waals surface area contributed by atoms with Gasteiger partial charge in [0.1, 0.15) is 0 Å². The molecule has 1 N–H and O–H groups in total. The number of carbonyl (C=O) groups is 2. The second kappa shape index (κ2) is 8.05. The number of benzene rings is 2. The fourth-order valence-corrected chi connectivity index (χ4v) is 4.74. The molecule has 1 saturated heterocycles. The van der Waals surface area contributed by atoms with Gasteiger partial charge in [-0.25, -0.2) is 0 Å². The number of hydrogen-bond acceptors (Lipinski definition) is 3. The first-order valence-corrected chi connectivity index (χ1v) is 10.5. The van der Waals surface area contributed by atoms with Crippen LogP contribution in [0.5, 0.6) is 0 Å². The lowest BCUT2D eigenvalue weighted by molar-refractivity contribution is -0.120. The van der Waals surface area contributed by atoms with Gasteiger partial charge < -0.3 is 10.2 Å². The lowest BCUT2D eigenvalue weighted by atomic mass is 10.0. The highest BCUT2D eigenvalue weighted by atomic mass is 79.9. The number of fused-ring (bicyclic) bond motifs is 1. The molecule has 2 aromatic rings. The van der Waals surface area contributed by atoms with Crippen LogP contribution in [0.4, 0.5) is 11.4 Å². The van der Waals surface area contributed by atoms with E-state index in [1.54, 1.807) is 4.90 Å². The van der Waals surface area contributed by atoms with Crippen molar-refractivity contribution in [2.45, 2.75) is 38.3 Å². The molecule has 4 rings (SSSR count). The van der Waals surface area contributed by atoms with Crippen molar-refractivity contribution >= 4 is 39.1 Å². The quantitative estimate of drug-likeness (QED) is 0.769. The number of para-hydroxylation sites is 2. The predicted molar refractivity (Wildman–Crippen MR) is 114 cm³/mol. The van der Waals surface area contributed by atoms with Crippen LogP contribution in [-0.2, 0) is 9.59 Å². The van der Waals surface area contributed by atoms with E-state index in [0.29, 0.717) is 18.7 Å². The molecule has 0 spiro atoms. The number of hydrogen-bond donors (Lipinski definition) is 1. The summed E-state index contributed by atoms with van der Waals surface area (Å²) in [7, 11) is 0. The number of anilines is 2. The summed E-state index contributed by atoms with van der Waals surface area (Å²) >= 11 is 3.55. The van der Waals surface area contributed by atoms with E-state index in [2.05, 4.69) is 38.3 Å². The molecule has 0 radical (unpaired) electrons. The van der Waals surface area contributed by atoms with E-state index in [0.717, 1.165) is 29.5 Å². The maximum absolute atomic E-state index is 13.4. The van der Waals surface area contributed by atoms with Gasteiger partial charge in [-0.2, -0.15) is 0 Å². The van der Waals surface area contributed by atoms with E-state index >= 15 is 0 Å². The number of nitrogens with one attached hydrogen (secondary N) is 1. The molecule has 2 aliphatic heterocycles. The first-order valence-electron chi connectivity index (χ1n) is 9.73. The Balaban J connectivity index is 1.58. The molecule has 2 aromatic carbocycles. The molecule has 2 aliphatic rings. The van der Waals surface area contributed by atoms with Crippen molar-refractivity contribution in [1.29, 1.82) is 0 Å². The van der Waals surface area contributed by atoms with Crippen LogP contribution >= 0.6 is 15.9 Å². The molecule has 0 aromatic heterocycles. The van der Waals surface area contributed by atoms with Crippen LogP contribution in [-0.4, -0.2) is 35.8 Å². The molecule has 0 bridgehead atoms. The minimum absolute atomic E-state index is 0.0401. The molecule has 2 amide bonds. The number of amides is 2. The Morgan fingerprint density at radius 2 is 2.04 bits per heavy atom.